The maximum atomic E-state index is 6.05. The van der Waals surface area contributed by atoms with Crippen LogP contribution in [0.15, 0.2) is 18.2 Å². The molecule has 17 heavy (non-hydrogen) atoms. The molecule has 4 heteroatoms. The Hall–Kier alpha value is -0.440. The third kappa shape index (κ3) is 5.15. The van der Waals surface area contributed by atoms with Crippen molar-refractivity contribution in [3.05, 3.63) is 28.8 Å². The van der Waals surface area contributed by atoms with Gasteiger partial charge >= 0.3 is 0 Å². The summed E-state index contributed by atoms with van der Waals surface area (Å²) < 4.78 is 11.0. The molecule has 1 aromatic carbocycles. The number of rotatable bonds is 8. The number of ether oxygens (including phenoxy) is 2. The molecular weight excluding hydrogens is 259 g/mol. The molecule has 0 bridgehead atoms. The Morgan fingerprint density at radius 1 is 1.18 bits per heavy atom. The van der Waals surface area contributed by atoms with Crippen LogP contribution in [0.1, 0.15) is 25.3 Å². The number of para-hydroxylation sites is 1. The first-order valence-corrected chi connectivity index (χ1v) is 6.74. The second kappa shape index (κ2) is 8.62. The highest BCUT2D eigenvalue weighted by Crippen LogP contribution is 2.29. The average Bonchev–Trinajstić information content (AvgIpc) is 2.35. The molecule has 0 N–H and O–H groups in total. The fourth-order valence-electron chi connectivity index (χ4n) is 1.37. The molecule has 0 radical (unpaired) electrons. The SMILES string of the molecule is CCCCOCCOc1c(Cl)cccc1CCl. The van der Waals surface area contributed by atoms with Gasteiger partial charge in [-0.1, -0.05) is 37.1 Å². The van der Waals surface area contributed by atoms with Crippen LogP contribution in [0.4, 0.5) is 0 Å². The van der Waals surface area contributed by atoms with Crippen LogP contribution in [-0.2, 0) is 10.6 Å². The standard InChI is InChI=1S/C13H18Cl2O2/c1-2-3-7-16-8-9-17-13-11(10-14)5-4-6-12(13)15/h4-6H,2-3,7-10H2,1H3. The Kier molecular flexibility index (Phi) is 7.41. The molecule has 96 valence electrons. The van der Waals surface area contributed by atoms with Crippen LogP contribution < -0.4 is 4.74 Å². The van der Waals surface area contributed by atoms with E-state index in [0.717, 1.165) is 25.0 Å². The first kappa shape index (κ1) is 14.6. The van der Waals surface area contributed by atoms with Crippen molar-refractivity contribution in [3.63, 3.8) is 0 Å². The van der Waals surface area contributed by atoms with Gasteiger partial charge in [0.15, 0.2) is 0 Å². The zero-order valence-electron chi connectivity index (χ0n) is 10.0. The van der Waals surface area contributed by atoms with Gasteiger partial charge in [0, 0.05) is 12.2 Å². The Morgan fingerprint density at radius 2 is 2.00 bits per heavy atom. The lowest BCUT2D eigenvalue weighted by Gasteiger charge is -2.11. The van der Waals surface area contributed by atoms with Crippen LogP contribution >= 0.6 is 23.2 Å². The van der Waals surface area contributed by atoms with Gasteiger partial charge in [-0.25, -0.2) is 0 Å². The fraction of sp³-hybridized carbons (Fsp3) is 0.538. The fourth-order valence-corrected chi connectivity index (χ4v) is 1.83. The van der Waals surface area contributed by atoms with Gasteiger partial charge in [0.25, 0.3) is 0 Å². The summed E-state index contributed by atoms with van der Waals surface area (Å²) in [5, 5.41) is 0.594. The molecule has 0 saturated heterocycles. The highest BCUT2D eigenvalue weighted by atomic mass is 35.5. The predicted molar refractivity (Wildman–Crippen MR) is 72.2 cm³/mol. The molecular formula is C13H18Cl2O2. The van der Waals surface area contributed by atoms with Crippen LogP contribution in [-0.4, -0.2) is 19.8 Å². The monoisotopic (exact) mass is 276 g/mol. The van der Waals surface area contributed by atoms with Crippen LogP contribution in [0, 0.1) is 0 Å². The van der Waals surface area contributed by atoms with Gasteiger partial charge in [-0.3, -0.25) is 0 Å². The topological polar surface area (TPSA) is 18.5 Å². The van der Waals surface area contributed by atoms with Gasteiger partial charge in [0.2, 0.25) is 0 Å². The van der Waals surface area contributed by atoms with Crippen molar-refractivity contribution in [2.24, 2.45) is 0 Å². The lowest BCUT2D eigenvalue weighted by atomic mass is 10.2. The predicted octanol–water partition coefficient (Wildman–Crippen LogP) is 4.27. The molecule has 0 unspecified atom stereocenters. The van der Waals surface area contributed by atoms with Gasteiger partial charge in [-0.05, 0) is 12.5 Å². The molecule has 0 aliphatic carbocycles. The summed E-state index contributed by atoms with van der Waals surface area (Å²) in [6.07, 6.45) is 2.22. The highest BCUT2D eigenvalue weighted by molar-refractivity contribution is 6.32. The summed E-state index contributed by atoms with van der Waals surface area (Å²) in [4.78, 5) is 0. The lowest BCUT2D eigenvalue weighted by Crippen LogP contribution is -2.08. The van der Waals surface area contributed by atoms with Crippen molar-refractivity contribution in [1.29, 1.82) is 0 Å². The quantitative estimate of drug-likeness (QED) is 0.521. The van der Waals surface area contributed by atoms with Gasteiger partial charge in [0.05, 0.1) is 17.5 Å². The first-order chi connectivity index (χ1) is 8.29. The molecule has 0 fully saturated rings. The average molecular weight is 277 g/mol. The van der Waals surface area contributed by atoms with Crippen LogP contribution in [0.5, 0.6) is 5.75 Å². The van der Waals surface area contributed by atoms with E-state index in [2.05, 4.69) is 6.92 Å². The molecule has 0 atom stereocenters. The molecule has 0 aliphatic rings. The van der Waals surface area contributed by atoms with E-state index in [9.17, 15) is 0 Å². The smallest absolute Gasteiger partial charge is 0.142 e. The van der Waals surface area contributed by atoms with E-state index in [1.807, 2.05) is 12.1 Å². The zero-order valence-corrected chi connectivity index (χ0v) is 11.6. The normalized spacial score (nSPS) is 10.5. The van der Waals surface area contributed by atoms with Crippen molar-refractivity contribution in [1.82, 2.24) is 0 Å². The van der Waals surface area contributed by atoms with E-state index in [1.165, 1.54) is 0 Å². The minimum Gasteiger partial charge on any atom is -0.489 e. The number of hydrogen-bond acceptors (Lipinski definition) is 2. The van der Waals surface area contributed by atoms with Crippen molar-refractivity contribution in [2.45, 2.75) is 25.6 Å². The van der Waals surface area contributed by atoms with Crippen molar-refractivity contribution in [2.75, 3.05) is 19.8 Å². The highest BCUT2D eigenvalue weighted by Gasteiger charge is 2.07. The summed E-state index contributed by atoms with van der Waals surface area (Å²) in [6.45, 7) is 3.99. The maximum Gasteiger partial charge on any atom is 0.142 e. The van der Waals surface area contributed by atoms with E-state index in [1.54, 1.807) is 6.07 Å². The summed E-state index contributed by atoms with van der Waals surface area (Å²) in [5.41, 5.74) is 0.910. The van der Waals surface area contributed by atoms with Gasteiger partial charge in [-0.15, -0.1) is 11.6 Å². The van der Waals surface area contributed by atoms with Gasteiger partial charge < -0.3 is 9.47 Å². The molecule has 1 rings (SSSR count). The Morgan fingerprint density at radius 3 is 2.71 bits per heavy atom. The third-order valence-corrected chi connectivity index (χ3v) is 2.89. The lowest BCUT2D eigenvalue weighted by molar-refractivity contribution is 0.0978. The number of unbranched alkanes of at least 4 members (excludes halogenated alkanes) is 1. The molecule has 2 nitrogen and oxygen atoms in total. The Labute approximate surface area is 113 Å². The molecule has 0 amide bonds. The molecule has 1 aromatic rings. The van der Waals surface area contributed by atoms with Crippen LogP contribution in [0.3, 0.4) is 0 Å². The van der Waals surface area contributed by atoms with E-state index in [4.69, 9.17) is 32.7 Å². The second-order valence-electron chi connectivity index (χ2n) is 3.68. The molecule has 0 spiro atoms. The second-order valence-corrected chi connectivity index (χ2v) is 4.35. The van der Waals surface area contributed by atoms with Crippen LogP contribution in [0.2, 0.25) is 5.02 Å². The summed E-state index contributed by atoms with van der Waals surface area (Å²) in [5.74, 6) is 1.07. The minimum atomic E-state index is 0.395. The Balaban J connectivity index is 2.35. The third-order valence-electron chi connectivity index (χ3n) is 2.31. The molecule has 0 aliphatic heterocycles. The van der Waals surface area contributed by atoms with Crippen molar-refractivity contribution < 1.29 is 9.47 Å². The van der Waals surface area contributed by atoms with E-state index >= 15 is 0 Å². The van der Waals surface area contributed by atoms with Crippen molar-refractivity contribution >= 4 is 23.2 Å². The number of alkyl halides is 1. The van der Waals surface area contributed by atoms with Crippen molar-refractivity contribution in [3.8, 4) is 5.75 Å². The van der Waals surface area contributed by atoms with Crippen LogP contribution in [0.25, 0.3) is 0 Å². The van der Waals surface area contributed by atoms with E-state index in [0.29, 0.717) is 29.9 Å². The minimum absolute atomic E-state index is 0.395. The summed E-state index contributed by atoms with van der Waals surface area (Å²) >= 11 is 11.9. The Bertz CT molecular complexity index is 329. The van der Waals surface area contributed by atoms with E-state index < -0.39 is 0 Å². The van der Waals surface area contributed by atoms with Gasteiger partial charge in [-0.2, -0.15) is 0 Å². The summed E-state index contributed by atoms with van der Waals surface area (Å²) in [6, 6.07) is 5.57. The van der Waals surface area contributed by atoms with E-state index in [-0.39, 0.29) is 0 Å². The number of benzene rings is 1. The number of halogens is 2. The summed E-state index contributed by atoms with van der Waals surface area (Å²) in [7, 11) is 0. The largest absolute Gasteiger partial charge is 0.489 e. The first-order valence-electron chi connectivity index (χ1n) is 5.83. The molecule has 0 aromatic heterocycles. The zero-order chi connectivity index (χ0) is 12.5. The maximum absolute atomic E-state index is 6.05. The molecule has 0 saturated carbocycles. The number of hydrogen-bond donors (Lipinski definition) is 0. The molecule has 0 heterocycles. The van der Waals surface area contributed by atoms with Gasteiger partial charge in [0.1, 0.15) is 12.4 Å².